The monoisotopic (exact) mass is 545 g/mol. The van der Waals surface area contributed by atoms with E-state index < -0.39 is 13.6 Å². The Morgan fingerprint density at radius 2 is 1.69 bits per heavy atom. The van der Waals surface area contributed by atoms with Gasteiger partial charge in [0.2, 0.25) is 5.91 Å². The number of carbonyl (C=O) groups is 2. The molecule has 5 rings (SSSR count). The number of para-hydroxylation sites is 1. The van der Waals surface area contributed by atoms with Crippen LogP contribution in [0.4, 0.5) is 10.6 Å². The first-order valence-electron chi connectivity index (χ1n) is 13.7. The highest BCUT2D eigenvalue weighted by Crippen LogP contribution is 2.56. The topological polar surface area (TPSA) is 99.4 Å². The molecule has 1 fully saturated rings. The zero-order valence-electron chi connectivity index (χ0n) is 23.5. The molecule has 0 radical (unpaired) electrons. The van der Waals surface area contributed by atoms with E-state index in [1.165, 1.54) is 0 Å². The summed E-state index contributed by atoms with van der Waals surface area (Å²) in [5, 5.41) is 13.7. The number of carbonyl (C=O) groups excluding carboxylic acids is 2. The van der Waals surface area contributed by atoms with Crippen LogP contribution in [0, 0.1) is 0 Å². The molecule has 2 aromatic carbocycles. The van der Waals surface area contributed by atoms with Gasteiger partial charge in [-0.25, -0.2) is 4.79 Å². The van der Waals surface area contributed by atoms with Crippen LogP contribution < -0.4 is 15.4 Å². The van der Waals surface area contributed by atoms with Crippen molar-refractivity contribution in [1.82, 2.24) is 20.4 Å². The Morgan fingerprint density at radius 3 is 2.28 bits per heavy atom. The van der Waals surface area contributed by atoms with Crippen LogP contribution >= 0.6 is 0 Å². The van der Waals surface area contributed by atoms with E-state index >= 15 is 0 Å². The Morgan fingerprint density at radius 1 is 1.05 bits per heavy atom. The SMILES string of the molecule is CC1(C)c2[nH]nc(NC(=O)C3([Si](C)(C)C)CCC3)c2CN1C(=O)NC(COc1ccccc1)c1ccccc1. The van der Waals surface area contributed by atoms with Crippen LogP contribution in [0.2, 0.25) is 24.7 Å². The quantitative estimate of drug-likeness (QED) is 0.294. The number of hydrogen-bond donors (Lipinski definition) is 3. The molecule has 3 aromatic rings. The highest BCUT2D eigenvalue weighted by atomic mass is 28.3. The third-order valence-electron chi connectivity index (χ3n) is 8.68. The maximum atomic E-state index is 13.7. The lowest BCUT2D eigenvalue weighted by Crippen LogP contribution is -2.52. The van der Waals surface area contributed by atoms with Gasteiger partial charge in [-0.05, 0) is 44.4 Å². The van der Waals surface area contributed by atoms with E-state index in [0.717, 1.165) is 41.8 Å². The van der Waals surface area contributed by atoms with E-state index in [2.05, 4.69) is 40.5 Å². The summed E-state index contributed by atoms with van der Waals surface area (Å²) in [7, 11) is -1.73. The number of aromatic nitrogens is 2. The highest BCUT2D eigenvalue weighted by molar-refractivity contribution is 6.83. The Bertz CT molecular complexity index is 1330. The number of urea groups is 1. The molecule has 3 amide bonds. The van der Waals surface area contributed by atoms with Crippen molar-refractivity contribution in [3.8, 4) is 5.75 Å². The molecule has 2 heterocycles. The van der Waals surface area contributed by atoms with Crippen LogP contribution in [0.3, 0.4) is 0 Å². The molecule has 1 aliphatic carbocycles. The van der Waals surface area contributed by atoms with Crippen molar-refractivity contribution < 1.29 is 14.3 Å². The van der Waals surface area contributed by atoms with Crippen LogP contribution in [0.5, 0.6) is 5.75 Å². The van der Waals surface area contributed by atoms with Gasteiger partial charge in [0.05, 0.1) is 31.9 Å². The summed E-state index contributed by atoms with van der Waals surface area (Å²) in [5.41, 5.74) is 2.04. The number of rotatable bonds is 8. The number of fused-ring (bicyclic) bond motifs is 1. The molecule has 1 aliphatic heterocycles. The molecule has 8 nitrogen and oxygen atoms in total. The average molecular weight is 546 g/mol. The summed E-state index contributed by atoms with van der Waals surface area (Å²) < 4.78 is 6.03. The van der Waals surface area contributed by atoms with Gasteiger partial charge in [-0.3, -0.25) is 9.89 Å². The molecule has 0 saturated heterocycles. The van der Waals surface area contributed by atoms with Gasteiger partial charge in [0, 0.05) is 10.6 Å². The van der Waals surface area contributed by atoms with Crippen molar-refractivity contribution in [1.29, 1.82) is 0 Å². The van der Waals surface area contributed by atoms with Gasteiger partial charge in [-0.2, -0.15) is 5.10 Å². The van der Waals surface area contributed by atoms with Crippen molar-refractivity contribution in [2.24, 2.45) is 0 Å². The summed E-state index contributed by atoms with van der Waals surface area (Å²) >= 11 is 0. The Hall–Kier alpha value is -3.59. The predicted octanol–water partition coefficient (Wildman–Crippen LogP) is 6.19. The number of hydrogen-bond acceptors (Lipinski definition) is 4. The van der Waals surface area contributed by atoms with Gasteiger partial charge in [-0.15, -0.1) is 0 Å². The van der Waals surface area contributed by atoms with Gasteiger partial charge in [0.1, 0.15) is 12.4 Å². The van der Waals surface area contributed by atoms with Crippen LogP contribution in [0.1, 0.15) is 56.0 Å². The zero-order chi connectivity index (χ0) is 27.8. The Kier molecular flexibility index (Phi) is 7.05. The summed E-state index contributed by atoms with van der Waals surface area (Å²) in [5.74, 6) is 1.36. The lowest BCUT2D eigenvalue weighted by molar-refractivity contribution is -0.121. The standard InChI is InChI=1S/C30H39N5O3Si/c1-29(2)25-23(26(34-33-25)32-27(36)30(17-12-18-30)39(3,4)5)19-35(29)28(37)31-24(21-13-8-6-9-14-21)20-38-22-15-10-7-11-16-22/h6-11,13-16,24H,12,17-20H2,1-5H3,(H,31,37)(H2,32,33,34,36). The van der Waals surface area contributed by atoms with E-state index in [0.29, 0.717) is 19.0 Å². The molecule has 3 N–H and O–H groups in total. The number of H-pyrrole nitrogens is 1. The summed E-state index contributed by atoms with van der Waals surface area (Å²) in [4.78, 5) is 29.0. The minimum Gasteiger partial charge on any atom is -0.491 e. The van der Waals surface area contributed by atoms with E-state index in [1.807, 2.05) is 74.5 Å². The first kappa shape index (κ1) is 27.0. The second-order valence-electron chi connectivity index (χ2n) is 12.2. The number of anilines is 1. The van der Waals surface area contributed by atoms with Crippen LogP contribution in [-0.2, 0) is 16.9 Å². The molecule has 1 saturated carbocycles. The number of nitrogens with zero attached hydrogens (tertiary/aromatic N) is 2. The second-order valence-corrected chi connectivity index (χ2v) is 17.7. The molecule has 206 valence electrons. The molecule has 9 heteroatoms. The first-order valence-corrected chi connectivity index (χ1v) is 17.2. The molecule has 1 atom stereocenters. The van der Waals surface area contributed by atoms with E-state index in [9.17, 15) is 9.59 Å². The van der Waals surface area contributed by atoms with Gasteiger partial charge >= 0.3 is 6.03 Å². The fraction of sp³-hybridized carbons (Fsp3) is 0.433. The minimum absolute atomic E-state index is 0.0742. The Balaban J connectivity index is 1.32. The number of benzene rings is 2. The lowest BCUT2D eigenvalue weighted by Gasteiger charge is -2.48. The Labute approximate surface area is 231 Å². The average Bonchev–Trinajstić information content (AvgIpc) is 3.38. The first-order chi connectivity index (χ1) is 18.5. The van der Waals surface area contributed by atoms with Gasteiger partial charge < -0.3 is 20.3 Å². The fourth-order valence-corrected chi connectivity index (χ4v) is 8.45. The molecular formula is C30H39N5O3Si. The van der Waals surface area contributed by atoms with Crippen molar-refractivity contribution in [2.75, 3.05) is 11.9 Å². The van der Waals surface area contributed by atoms with Crippen molar-refractivity contribution >= 4 is 25.8 Å². The summed E-state index contributed by atoms with van der Waals surface area (Å²) in [6.45, 7) is 11.4. The lowest BCUT2D eigenvalue weighted by atomic mass is 9.83. The molecule has 0 bridgehead atoms. The molecule has 2 aliphatic rings. The molecule has 0 spiro atoms. The molecule has 1 unspecified atom stereocenters. The number of aromatic amines is 1. The molecular weight excluding hydrogens is 506 g/mol. The summed E-state index contributed by atoms with van der Waals surface area (Å²) in [6, 6.07) is 18.9. The van der Waals surface area contributed by atoms with Crippen LogP contribution in [-0.4, -0.2) is 41.7 Å². The van der Waals surface area contributed by atoms with Crippen molar-refractivity contribution in [3.63, 3.8) is 0 Å². The van der Waals surface area contributed by atoms with Crippen LogP contribution in [0.25, 0.3) is 0 Å². The third-order valence-corrected chi connectivity index (χ3v) is 12.3. The predicted molar refractivity (Wildman–Crippen MR) is 155 cm³/mol. The van der Waals surface area contributed by atoms with E-state index in [4.69, 9.17) is 4.74 Å². The molecule has 1 aromatic heterocycles. The maximum Gasteiger partial charge on any atom is 0.319 e. The van der Waals surface area contributed by atoms with Gasteiger partial charge in [0.25, 0.3) is 0 Å². The summed E-state index contributed by atoms with van der Waals surface area (Å²) in [6.07, 6.45) is 2.97. The number of ether oxygens (including phenoxy) is 1. The zero-order valence-corrected chi connectivity index (χ0v) is 24.5. The minimum atomic E-state index is -1.73. The maximum absolute atomic E-state index is 13.7. The fourth-order valence-electron chi connectivity index (χ4n) is 5.85. The van der Waals surface area contributed by atoms with Crippen LogP contribution in [0.15, 0.2) is 60.7 Å². The molecule has 39 heavy (non-hydrogen) atoms. The third kappa shape index (κ3) is 4.95. The van der Waals surface area contributed by atoms with E-state index in [-0.39, 0.29) is 23.0 Å². The van der Waals surface area contributed by atoms with Gasteiger partial charge in [0.15, 0.2) is 5.82 Å². The van der Waals surface area contributed by atoms with E-state index in [1.54, 1.807) is 4.90 Å². The number of nitrogens with one attached hydrogen (secondary N) is 3. The highest BCUT2D eigenvalue weighted by Gasteiger charge is 2.54. The normalized spacial score (nSPS) is 18.0. The second kappa shape index (κ2) is 10.2. The van der Waals surface area contributed by atoms with Crippen molar-refractivity contribution in [2.45, 2.75) is 75.9 Å². The smallest absolute Gasteiger partial charge is 0.319 e. The van der Waals surface area contributed by atoms with Gasteiger partial charge in [-0.1, -0.05) is 74.6 Å². The number of amides is 3. The van der Waals surface area contributed by atoms with Crippen molar-refractivity contribution in [3.05, 3.63) is 77.5 Å². The largest absolute Gasteiger partial charge is 0.491 e.